The topological polar surface area (TPSA) is 85.9 Å². The highest BCUT2D eigenvalue weighted by Gasteiger charge is 2.31. The smallest absolute Gasteiger partial charge is 0.196 e. The Bertz CT molecular complexity index is 884. The van der Waals surface area contributed by atoms with Crippen molar-refractivity contribution < 1.29 is 23.8 Å². The highest BCUT2D eigenvalue weighted by Crippen LogP contribution is 2.31. The molecule has 7 heteroatoms. The van der Waals surface area contributed by atoms with Gasteiger partial charge in [0, 0.05) is 48.6 Å². The molecule has 0 radical (unpaired) electrons. The molecule has 2 N–H and O–H groups in total. The predicted molar refractivity (Wildman–Crippen MR) is 119 cm³/mol. The first-order valence-corrected chi connectivity index (χ1v) is 10.7. The van der Waals surface area contributed by atoms with Gasteiger partial charge in [-0.1, -0.05) is 36.4 Å². The van der Waals surface area contributed by atoms with E-state index in [9.17, 15) is 9.59 Å². The molecule has 0 saturated carbocycles. The summed E-state index contributed by atoms with van der Waals surface area (Å²) in [6.07, 6.45) is 0. The number of rotatable bonds is 14. The summed E-state index contributed by atoms with van der Waals surface area (Å²) in [6, 6.07) is 12.3. The zero-order valence-corrected chi connectivity index (χ0v) is 17.9. The lowest BCUT2D eigenvalue weighted by Crippen LogP contribution is -2.27. The monoisotopic (exact) mass is 426 g/mol. The molecule has 0 spiro atoms. The van der Waals surface area contributed by atoms with Gasteiger partial charge in [0.1, 0.15) is 0 Å². The lowest BCUT2D eigenvalue weighted by molar-refractivity contribution is 0.0176. The Morgan fingerprint density at radius 1 is 0.677 bits per heavy atom. The molecule has 1 aliphatic carbocycles. The third-order valence-electron chi connectivity index (χ3n) is 4.94. The Morgan fingerprint density at radius 2 is 1.32 bits per heavy atom. The maximum Gasteiger partial charge on any atom is 0.196 e. The quantitative estimate of drug-likeness (QED) is 0.383. The number of ether oxygens (including phenoxy) is 3. The van der Waals surface area contributed by atoms with Crippen molar-refractivity contribution in [2.75, 3.05) is 64.6 Å². The number of benzene rings is 2. The van der Waals surface area contributed by atoms with Crippen LogP contribution in [-0.2, 0) is 14.2 Å². The van der Waals surface area contributed by atoms with Gasteiger partial charge in [-0.3, -0.25) is 9.59 Å². The fourth-order valence-corrected chi connectivity index (χ4v) is 3.43. The van der Waals surface area contributed by atoms with E-state index in [4.69, 9.17) is 14.2 Å². The van der Waals surface area contributed by atoms with Gasteiger partial charge in [-0.15, -0.1) is 0 Å². The summed E-state index contributed by atoms with van der Waals surface area (Å²) in [5, 5.41) is 6.57. The standard InChI is InChI=1S/C24H30N2O5/c1-2-29-14-15-31-17-16-30-13-12-25-10-11-26-21-9-5-8-20-22(21)24(28)19-7-4-3-6-18(19)23(20)27/h3-9,25-26H,2,10-17H2,1H3. The minimum atomic E-state index is -0.113. The SMILES string of the molecule is CCOCCOCCOCCNCCNc1cccc2c1C(=O)c1ccccc1C2=O. The minimum Gasteiger partial charge on any atom is -0.383 e. The second-order valence-corrected chi connectivity index (χ2v) is 7.03. The number of nitrogens with one attached hydrogen (secondary N) is 2. The molecule has 2 aromatic rings. The van der Waals surface area contributed by atoms with Gasteiger partial charge >= 0.3 is 0 Å². The second-order valence-electron chi connectivity index (χ2n) is 7.03. The molecule has 0 bridgehead atoms. The van der Waals surface area contributed by atoms with Gasteiger partial charge in [0.2, 0.25) is 0 Å². The Morgan fingerprint density at radius 3 is 2.06 bits per heavy atom. The van der Waals surface area contributed by atoms with Crippen molar-refractivity contribution in [2.45, 2.75) is 6.92 Å². The van der Waals surface area contributed by atoms with Crippen LogP contribution in [0.5, 0.6) is 0 Å². The third-order valence-corrected chi connectivity index (χ3v) is 4.94. The molecule has 31 heavy (non-hydrogen) atoms. The number of hydrogen-bond acceptors (Lipinski definition) is 7. The Balaban J connectivity index is 1.37. The van der Waals surface area contributed by atoms with Crippen LogP contribution in [0.15, 0.2) is 42.5 Å². The van der Waals surface area contributed by atoms with E-state index in [0.717, 1.165) is 6.54 Å². The van der Waals surface area contributed by atoms with E-state index < -0.39 is 0 Å². The maximum atomic E-state index is 13.0. The van der Waals surface area contributed by atoms with Crippen molar-refractivity contribution in [1.82, 2.24) is 5.32 Å². The summed E-state index contributed by atoms with van der Waals surface area (Å²) in [4.78, 5) is 25.7. The van der Waals surface area contributed by atoms with Crippen LogP contribution in [0.1, 0.15) is 38.8 Å². The van der Waals surface area contributed by atoms with E-state index in [0.29, 0.717) is 80.7 Å². The lowest BCUT2D eigenvalue weighted by atomic mass is 9.83. The molecule has 0 aliphatic heterocycles. The molecule has 2 aromatic carbocycles. The molecule has 0 heterocycles. The van der Waals surface area contributed by atoms with Gasteiger partial charge in [0.05, 0.1) is 38.6 Å². The predicted octanol–water partition coefficient (Wildman–Crippen LogP) is 2.53. The highest BCUT2D eigenvalue weighted by molar-refractivity contribution is 6.30. The first kappa shape index (κ1) is 23.1. The van der Waals surface area contributed by atoms with Crippen LogP contribution >= 0.6 is 0 Å². The molecule has 1 aliphatic rings. The van der Waals surface area contributed by atoms with Gasteiger partial charge in [-0.25, -0.2) is 0 Å². The molecular formula is C24H30N2O5. The average Bonchev–Trinajstić information content (AvgIpc) is 2.80. The Hall–Kier alpha value is -2.58. The maximum absolute atomic E-state index is 13.0. The van der Waals surface area contributed by atoms with Gasteiger partial charge in [-0.2, -0.15) is 0 Å². The number of carbonyl (C=O) groups is 2. The van der Waals surface area contributed by atoms with Crippen molar-refractivity contribution >= 4 is 17.3 Å². The van der Waals surface area contributed by atoms with Crippen LogP contribution in [0.25, 0.3) is 0 Å². The summed E-state index contributed by atoms with van der Waals surface area (Å²) in [5.41, 5.74) is 2.54. The summed E-state index contributed by atoms with van der Waals surface area (Å²) < 4.78 is 16.1. The van der Waals surface area contributed by atoms with Crippen LogP contribution in [0.3, 0.4) is 0 Å². The first-order chi connectivity index (χ1) is 15.2. The fourth-order valence-electron chi connectivity index (χ4n) is 3.43. The number of anilines is 1. The number of hydrogen-bond donors (Lipinski definition) is 2. The normalized spacial score (nSPS) is 12.5. The molecule has 0 atom stereocenters. The fraction of sp³-hybridized carbons (Fsp3) is 0.417. The molecule has 0 amide bonds. The Labute approximate surface area is 183 Å². The molecule has 0 unspecified atom stereocenters. The molecule has 0 aromatic heterocycles. The molecule has 3 rings (SSSR count). The van der Waals surface area contributed by atoms with Crippen molar-refractivity contribution in [3.05, 3.63) is 64.7 Å². The largest absolute Gasteiger partial charge is 0.383 e. The van der Waals surface area contributed by atoms with E-state index >= 15 is 0 Å². The number of carbonyl (C=O) groups excluding carboxylic acids is 2. The molecular weight excluding hydrogens is 396 g/mol. The van der Waals surface area contributed by atoms with Gasteiger partial charge in [-0.05, 0) is 13.0 Å². The van der Waals surface area contributed by atoms with E-state index in [2.05, 4.69) is 10.6 Å². The van der Waals surface area contributed by atoms with Gasteiger partial charge in [0.15, 0.2) is 11.6 Å². The van der Waals surface area contributed by atoms with Crippen LogP contribution < -0.4 is 10.6 Å². The number of fused-ring (bicyclic) bond motifs is 2. The molecule has 0 saturated heterocycles. The zero-order valence-electron chi connectivity index (χ0n) is 17.9. The van der Waals surface area contributed by atoms with Crippen LogP contribution in [-0.4, -0.2) is 70.8 Å². The first-order valence-electron chi connectivity index (χ1n) is 10.7. The van der Waals surface area contributed by atoms with Gasteiger partial charge < -0.3 is 24.8 Å². The third kappa shape index (κ3) is 6.21. The lowest BCUT2D eigenvalue weighted by Gasteiger charge is -2.20. The molecule has 166 valence electrons. The van der Waals surface area contributed by atoms with Crippen LogP contribution in [0, 0.1) is 0 Å². The summed E-state index contributed by atoms with van der Waals surface area (Å²) >= 11 is 0. The minimum absolute atomic E-state index is 0.106. The molecule has 0 fully saturated rings. The Kier molecular flexibility index (Phi) is 9.17. The average molecular weight is 427 g/mol. The highest BCUT2D eigenvalue weighted by atomic mass is 16.5. The zero-order chi connectivity index (χ0) is 21.9. The summed E-state index contributed by atoms with van der Waals surface area (Å²) in [6.45, 7) is 7.62. The second kappa shape index (κ2) is 12.3. The van der Waals surface area contributed by atoms with E-state index in [-0.39, 0.29) is 11.6 Å². The van der Waals surface area contributed by atoms with Crippen LogP contribution in [0.2, 0.25) is 0 Å². The van der Waals surface area contributed by atoms with Crippen molar-refractivity contribution in [2.24, 2.45) is 0 Å². The van der Waals surface area contributed by atoms with Crippen molar-refractivity contribution in [3.63, 3.8) is 0 Å². The van der Waals surface area contributed by atoms with E-state index in [1.54, 1.807) is 36.4 Å². The summed E-state index contributed by atoms with van der Waals surface area (Å²) in [5.74, 6) is -0.218. The van der Waals surface area contributed by atoms with Crippen molar-refractivity contribution in [1.29, 1.82) is 0 Å². The van der Waals surface area contributed by atoms with Gasteiger partial charge in [0.25, 0.3) is 0 Å². The van der Waals surface area contributed by atoms with E-state index in [1.165, 1.54) is 0 Å². The van der Waals surface area contributed by atoms with Crippen molar-refractivity contribution in [3.8, 4) is 0 Å². The molecule has 7 nitrogen and oxygen atoms in total. The van der Waals surface area contributed by atoms with Crippen LogP contribution in [0.4, 0.5) is 5.69 Å². The van der Waals surface area contributed by atoms with E-state index in [1.807, 2.05) is 13.0 Å². The number of ketones is 2. The summed E-state index contributed by atoms with van der Waals surface area (Å²) in [7, 11) is 0.